The lowest BCUT2D eigenvalue weighted by Gasteiger charge is -2.28. The standard InChI is InChI=1S/C23H32O/c1-15(2)16-9-11-17(12-10-16)18-13-19(22(3,4)5)21(24)20(14-18)23(6,7)8/h9-15,24H,1-8H3. The van der Waals surface area contributed by atoms with Crippen LogP contribution in [0, 0.1) is 0 Å². The average molecular weight is 325 g/mol. The molecule has 2 aromatic rings. The zero-order chi connectivity index (χ0) is 18.3. The molecule has 0 aromatic heterocycles. The van der Waals surface area contributed by atoms with Crippen LogP contribution in [0.4, 0.5) is 0 Å². The summed E-state index contributed by atoms with van der Waals surface area (Å²) in [6, 6.07) is 13.1. The molecule has 0 aliphatic carbocycles. The van der Waals surface area contributed by atoms with Crippen LogP contribution in [0.3, 0.4) is 0 Å². The number of benzene rings is 2. The number of aromatic hydroxyl groups is 1. The van der Waals surface area contributed by atoms with Gasteiger partial charge in [0.25, 0.3) is 0 Å². The van der Waals surface area contributed by atoms with E-state index in [4.69, 9.17) is 0 Å². The number of hydrogen-bond acceptors (Lipinski definition) is 1. The highest BCUT2D eigenvalue weighted by Crippen LogP contribution is 2.42. The van der Waals surface area contributed by atoms with Gasteiger partial charge < -0.3 is 5.11 Å². The summed E-state index contributed by atoms with van der Waals surface area (Å²) in [5.74, 6) is 0.978. The Morgan fingerprint density at radius 2 is 1.12 bits per heavy atom. The first-order chi connectivity index (χ1) is 10.9. The molecule has 0 saturated heterocycles. The van der Waals surface area contributed by atoms with E-state index in [0.29, 0.717) is 11.7 Å². The largest absolute Gasteiger partial charge is 0.507 e. The molecule has 1 N–H and O–H groups in total. The molecule has 0 fully saturated rings. The van der Waals surface area contributed by atoms with Crippen molar-refractivity contribution < 1.29 is 5.11 Å². The number of phenols is 1. The lowest BCUT2D eigenvalue weighted by atomic mass is 9.77. The van der Waals surface area contributed by atoms with Gasteiger partial charge in [0.05, 0.1) is 0 Å². The van der Waals surface area contributed by atoms with E-state index >= 15 is 0 Å². The van der Waals surface area contributed by atoms with Crippen LogP contribution < -0.4 is 0 Å². The average Bonchev–Trinajstić information content (AvgIpc) is 2.45. The molecule has 2 rings (SSSR count). The monoisotopic (exact) mass is 324 g/mol. The quantitative estimate of drug-likeness (QED) is 0.645. The summed E-state index contributed by atoms with van der Waals surface area (Å²) in [6.45, 7) is 17.3. The van der Waals surface area contributed by atoms with E-state index < -0.39 is 0 Å². The first-order valence-corrected chi connectivity index (χ1v) is 8.89. The van der Waals surface area contributed by atoms with Crippen LogP contribution in [0.1, 0.15) is 78.0 Å². The molecule has 1 heteroatoms. The molecule has 0 aliphatic heterocycles. The van der Waals surface area contributed by atoms with Gasteiger partial charge in [0.1, 0.15) is 5.75 Å². The zero-order valence-electron chi connectivity index (χ0n) is 16.5. The maximum Gasteiger partial charge on any atom is 0.123 e. The van der Waals surface area contributed by atoms with Gasteiger partial charge in [-0.05, 0) is 45.6 Å². The van der Waals surface area contributed by atoms with Gasteiger partial charge in [0.15, 0.2) is 0 Å². The van der Waals surface area contributed by atoms with Crippen LogP contribution in [0.25, 0.3) is 11.1 Å². The molecular formula is C23H32O. The lowest BCUT2D eigenvalue weighted by molar-refractivity contribution is 0.423. The number of phenolic OH excluding ortho intramolecular Hbond substituents is 1. The first-order valence-electron chi connectivity index (χ1n) is 8.89. The molecule has 2 aromatic carbocycles. The highest BCUT2D eigenvalue weighted by molar-refractivity contribution is 5.69. The molecule has 0 radical (unpaired) electrons. The topological polar surface area (TPSA) is 20.2 Å². The summed E-state index contributed by atoms with van der Waals surface area (Å²) in [4.78, 5) is 0. The second-order valence-electron chi connectivity index (χ2n) is 9.20. The Morgan fingerprint density at radius 3 is 1.46 bits per heavy atom. The maximum atomic E-state index is 10.8. The van der Waals surface area contributed by atoms with E-state index in [1.165, 1.54) is 16.7 Å². The van der Waals surface area contributed by atoms with E-state index in [9.17, 15) is 5.11 Å². The van der Waals surface area contributed by atoms with E-state index in [1.54, 1.807) is 0 Å². The Balaban J connectivity index is 2.66. The van der Waals surface area contributed by atoms with Gasteiger partial charge in [-0.1, -0.05) is 79.7 Å². The van der Waals surface area contributed by atoms with Gasteiger partial charge >= 0.3 is 0 Å². The van der Waals surface area contributed by atoms with Gasteiger partial charge in [0, 0.05) is 11.1 Å². The van der Waals surface area contributed by atoms with Crippen LogP contribution in [-0.2, 0) is 10.8 Å². The SMILES string of the molecule is CC(C)c1ccc(-c2cc(C(C)(C)C)c(O)c(C(C)(C)C)c2)cc1. The molecular weight excluding hydrogens is 292 g/mol. The third-order valence-electron chi connectivity index (χ3n) is 4.64. The molecule has 0 aliphatic rings. The van der Waals surface area contributed by atoms with Crippen LogP contribution >= 0.6 is 0 Å². The van der Waals surface area contributed by atoms with Gasteiger partial charge in [0.2, 0.25) is 0 Å². The molecule has 0 spiro atoms. The van der Waals surface area contributed by atoms with Gasteiger partial charge in [-0.25, -0.2) is 0 Å². The van der Waals surface area contributed by atoms with Crippen molar-refractivity contribution in [3.05, 3.63) is 53.1 Å². The highest BCUT2D eigenvalue weighted by Gasteiger charge is 2.26. The summed E-state index contributed by atoms with van der Waals surface area (Å²) in [5.41, 5.74) is 5.56. The van der Waals surface area contributed by atoms with Crippen LogP contribution in [0.15, 0.2) is 36.4 Å². The lowest BCUT2D eigenvalue weighted by Crippen LogP contribution is -2.17. The van der Waals surface area contributed by atoms with Crippen molar-refractivity contribution in [3.8, 4) is 16.9 Å². The minimum absolute atomic E-state index is 0.0992. The van der Waals surface area contributed by atoms with Gasteiger partial charge in [-0.3, -0.25) is 0 Å². The first kappa shape index (κ1) is 18.6. The Bertz CT molecular complexity index is 672. The fraction of sp³-hybridized carbons (Fsp3) is 0.478. The van der Waals surface area contributed by atoms with Crippen molar-refractivity contribution in [2.45, 2.75) is 72.1 Å². The fourth-order valence-corrected chi connectivity index (χ4v) is 3.01. The summed E-state index contributed by atoms with van der Waals surface area (Å²) in [5, 5.41) is 10.8. The molecule has 130 valence electrons. The van der Waals surface area contributed by atoms with Gasteiger partial charge in [-0.15, -0.1) is 0 Å². The van der Waals surface area contributed by atoms with Crippen LogP contribution in [-0.4, -0.2) is 5.11 Å². The molecule has 0 amide bonds. The molecule has 0 saturated carbocycles. The number of rotatable bonds is 2. The maximum absolute atomic E-state index is 10.8. The molecule has 0 bridgehead atoms. The van der Waals surface area contributed by atoms with Crippen LogP contribution in [0.5, 0.6) is 5.75 Å². The Morgan fingerprint density at radius 1 is 0.708 bits per heavy atom. The summed E-state index contributed by atoms with van der Waals surface area (Å²) >= 11 is 0. The number of hydrogen-bond donors (Lipinski definition) is 1. The van der Waals surface area contributed by atoms with E-state index in [-0.39, 0.29) is 10.8 Å². The molecule has 0 heterocycles. The normalized spacial score (nSPS) is 12.7. The van der Waals surface area contributed by atoms with Crippen molar-refractivity contribution >= 4 is 0 Å². The third-order valence-corrected chi connectivity index (χ3v) is 4.64. The van der Waals surface area contributed by atoms with Crippen LogP contribution in [0.2, 0.25) is 0 Å². The molecule has 0 atom stereocenters. The predicted octanol–water partition coefficient (Wildman–Crippen LogP) is 6.78. The third kappa shape index (κ3) is 3.83. The molecule has 1 nitrogen and oxygen atoms in total. The van der Waals surface area contributed by atoms with E-state index in [2.05, 4.69) is 91.8 Å². The highest BCUT2D eigenvalue weighted by atomic mass is 16.3. The summed E-state index contributed by atoms with van der Waals surface area (Å²) in [6.07, 6.45) is 0. The Labute approximate surface area is 147 Å². The van der Waals surface area contributed by atoms with Gasteiger partial charge in [-0.2, -0.15) is 0 Å². The summed E-state index contributed by atoms with van der Waals surface area (Å²) < 4.78 is 0. The Kier molecular flexibility index (Phi) is 4.86. The van der Waals surface area contributed by atoms with Crippen molar-refractivity contribution in [1.29, 1.82) is 0 Å². The summed E-state index contributed by atoms with van der Waals surface area (Å²) in [7, 11) is 0. The zero-order valence-corrected chi connectivity index (χ0v) is 16.5. The van der Waals surface area contributed by atoms with Crippen molar-refractivity contribution in [3.63, 3.8) is 0 Å². The second kappa shape index (κ2) is 6.27. The predicted molar refractivity (Wildman–Crippen MR) is 105 cm³/mol. The van der Waals surface area contributed by atoms with E-state index in [0.717, 1.165) is 11.1 Å². The Hall–Kier alpha value is -1.76. The minimum atomic E-state index is -0.0992. The second-order valence-corrected chi connectivity index (χ2v) is 9.20. The van der Waals surface area contributed by atoms with E-state index in [1.807, 2.05) is 0 Å². The smallest absolute Gasteiger partial charge is 0.123 e. The van der Waals surface area contributed by atoms with Crippen molar-refractivity contribution in [1.82, 2.24) is 0 Å². The minimum Gasteiger partial charge on any atom is -0.507 e. The van der Waals surface area contributed by atoms with Crippen molar-refractivity contribution in [2.75, 3.05) is 0 Å². The fourth-order valence-electron chi connectivity index (χ4n) is 3.01. The van der Waals surface area contributed by atoms with Crippen molar-refractivity contribution in [2.24, 2.45) is 0 Å². The molecule has 24 heavy (non-hydrogen) atoms. The molecule has 0 unspecified atom stereocenters.